The molecule has 148 valence electrons. The summed E-state index contributed by atoms with van der Waals surface area (Å²) in [5.74, 6) is 0.660. The van der Waals surface area contributed by atoms with Crippen LogP contribution in [0.2, 0.25) is 0 Å². The SMILES string of the molecule is CC(C)NC(=O)CCCN1C(=O)c2ccc(C3CCNCC3)c3cccc1c23. The highest BCUT2D eigenvalue weighted by Crippen LogP contribution is 2.41. The van der Waals surface area contributed by atoms with Gasteiger partial charge in [0.05, 0.1) is 5.69 Å². The van der Waals surface area contributed by atoms with Crippen molar-refractivity contribution in [3.63, 3.8) is 0 Å². The third-order valence-electron chi connectivity index (χ3n) is 5.83. The largest absolute Gasteiger partial charge is 0.354 e. The average Bonchev–Trinajstić information content (AvgIpc) is 2.96. The number of hydrogen-bond acceptors (Lipinski definition) is 3. The second-order valence-electron chi connectivity index (χ2n) is 8.21. The van der Waals surface area contributed by atoms with E-state index < -0.39 is 0 Å². The van der Waals surface area contributed by atoms with Crippen molar-refractivity contribution in [1.29, 1.82) is 0 Å². The molecule has 0 saturated carbocycles. The maximum absolute atomic E-state index is 13.0. The smallest absolute Gasteiger partial charge is 0.258 e. The highest BCUT2D eigenvalue weighted by atomic mass is 16.2. The van der Waals surface area contributed by atoms with E-state index in [1.807, 2.05) is 30.9 Å². The highest BCUT2D eigenvalue weighted by molar-refractivity contribution is 6.25. The minimum Gasteiger partial charge on any atom is -0.354 e. The summed E-state index contributed by atoms with van der Waals surface area (Å²) in [7, 11) is 0. The number of piperidine rings is 1. The fourth-order valence-corrected chi connectivity index (χ4v) is 4.57. The van der Waals surface area contributed by atoms with Crippen molar-refractivity contribution >= 4 is 28.3 Å². The van der Waals surface area contributed by atoms with Gasteiger partial charge in [-0.3, -0.25) is 9.59 Å². The Hall–Kier alpha value is -2.40. The molecular weight excluding hydrogens is 350 g/mol. The monoisotopic (exact) mass is 379 g/mol. The minimum atomic E-state index is 0.0468. The number of anilines is 1. The summed E-state index contributed by atoms with van der Waals surface area (Å²) in [5.41, 5.74) is 3.17. The summed E-state index contributed by atoms with van der Waals surface area (Å²) in [5, 5.41) is 8.65. The standard InChI is InChI=1S/C23H29N3O2/c1-15(2)25-21(27)7-4-14-26-20-6-3-5-18-17(16-10-12-24-13-11-16)8-9-19(22(18)20)23(26)28/h3,5-6,8-9,15-16,24H,4,7,10-14H2,1-2H3,(H,25,27). The maximum atomic E-state index is 13.0. The molecule has 1 saturated heterocycles. The van der Waals surface area contributed by atoms with Crippen LogP contribution in [0.1, 0.15) is 61.4 Å². The molecule has 0 bridgehead atoms. The van der Waals surface area contributed by atoms with Gasteiger partial charge in [0.1, 0.15) is 0 Å². The molecule has 0 aromatic heterocycles. The van der Waals surface area contributed by atoms with E-state index in [-0.39, 0.29) is 17.9 Å². The lowest BCUT2D eigenvalue weighted by Gasteiger charge is -2.24. The molecule has 2 heterocycles. The van der Waals surface area contributed by atoms with Crippen molar-refractivity contribution in [3.8, 4) is 0 Å². The number of carbonyl (C=O) groups excluding carboxylic acids is 2. The van der Waals surface area contributed by atoms with Crippen LogP contribution in [-0.2, 0) is 4.79 Å². The van der Waals surface area contributed by atoms with E-state index in [0.29, 0.717) is 25.3 Å². The summed E-state index contributed by atoms with van der Waals surface area (Å²) in [4.78, 5) is 26.8. The number of nitrogens with one attached hydrogen (secondary N) is 2. The van der Waals surface area contributed by atoms with Crippen LogP contribution in [0.15, 0.2) is 30.3 Å². The Balaban J connectivity index is 1.58. The van der Waals surface area contributed by atoms with Crippen molar-refractivity contribution in [2.45, 2.75) is 51.5 Å². The molecular formula is C23H29N3O2. The zero-order valence-electron chi connectivity index (χ0n) is 16.8. The van der Waals surface area contributed by atoms with E-state index in [4.69, 9.17) is 0 Å². The molecule has 5 nitrogen and oxygen atoms in total. The Morgan fingerprint density at radius 3 is 2.75 bits per heavy atom. The molecule has 0 aliphatic carbocycles. The summed E-state index contributed by atoms with van der Waals surface area (Å²) < 4.78 is 0. The van der Waals surface area contributed by atoms with E-state index in [2.05, 4.69) is 28.8 Å². The molecule has 4 rings (SSSR count). The lowest BCUT2D eigenvalue weighted by Crippen LogP contribution is -2.32. The maximum Gasteiger partial charge on any atom is 0.258 e. The predicted octanol–water partition coefficient (Wildman–Crippen LogP) is 3.57. The van der Waals surface area contributed by atoms with E-state index in [9.17, 15) is 9.59 Å². The quantitative estimate of drug-likeness (QED) is 0.807. The summed E-state index contributed by atoms with van der Waals surface area (Å²) in [6, 6.07) is 10.6. The number of nitrogens with zero attached hydrogens (tertiary/aromatic N) is 1. The van der Waals surface area contributed by atoms with Crippen LogP contribution in [0, 0.1) is 0 Å². The normalized spacial score (nSPS) is 17.0. The lowest BCUT2D eigenvalue weighted by atomic mass is 9.86. The Morgan fingerprint density at radius 1 is 1.21 bits per heavy atom. The molecule has 2 aromatic rings. The molecule has 2 aliphatic rings. The Bertz CT molecular complexity index is 900. The number of benzene rings is 2. The van der Waals surface area contributed by atoms with Gasteiger partial charge in [-0.05, 0) is 75.2 Å². The van der Waals surface area contributed by atoms with Crippen LogP contribution in [0.3, 0.4) is 0 Å². The molecule has 0 spiro atoms. The molecule has 0 radical (unpaired) electrons. The van der Waals surface area contributed by atoms with Gasteiger partial charge in [-0.1, -0.05) is 18.2 Å². The fraction of sp³-hybridized carbons (Fsp3) is 0.478. The molecule has 28 heavy (non-hydrogen) atoms. The number of hydrogen-bond donors (Lipinski definition) is 2. The summed E-state index contributed by atoms with van der Waals surface area (Å²) in [6.45, 7) is 6.59. The van der Waals surface area contributed by atoms with E-state index in [0.717, 1.165) is 42.6 Å². The van der Waals surface area contributed by atoms with Crippen LogP contribution in [0.5, 0.6) is 0 Å². The van der Waals surface area contributed by atoms with E-state index in [1.165, 1.54) is 10.9 Å². The summed E-state index contributed by atoms with van der Waals surface area (Å²) >= 11 is 0. The Labute approximate surface area is 166 Å². The highest BCUT2D eigenvalue weighted by Gasteiger charge is 2.31. The number of carbonyl (C=O) groups is 2. The molecule has 0 unspecified atom stereocenters. The van der Waals surface area contributed by atoms with Crippen LogP contribution < -0.4 is 15.5 Å². The average molecular weight is 380 g/mol. The van der Waals surface area contributed by atoms with Gasteiger partial charge < -0.3 is 15.5 Å². The van der Waals surface area contributed by atoms with Gasteiger partial charge in [0, 0.05) is 30.0 Å². The van der Waals surface area contributed by atoms with Crippen molar-refractivity contribution < 1.29 is 9.59 Å². The van der Waals surface area contributed by atoms with Crippen molar-refractivity contribution in [2.24, 2.45) is 0 Å². The van der Waals surface area contributed by atoms with Gasteiger partial charge >= 0.3 is 0 Å². The van der Waals surface area contributed by atoms with Crippen LogP contribution in [0.25, 0.3) is 10.8 Å². The molecule has 2 amide bonds. The first kappa shape index (κ1) is 18.9. The second-order valence-corrected chi connectivity index (χ2v) is 8.21. The molecule has 2 aromatic carbocycles. The topological polar surface area (TPSA) is 61.4 Å². The lowest BCUT2D eigenvalue weighted by molar-refractivity contribution is -0.121. The van der Waals surface area contributed by atoms with Gasteiger partial charge in [0.2, 0.25) is 5.91 Å². The zero-order valence-corrected chi connectivity index (χ0v) is 16.8. The summed E-state index contributed by atoms with van der Waals surface area (Å²) in [6.07, 6.45) is 3.38. The third-order valence-corrected chi connectivity index (χ3v) is 5.83. The van der Waals surface area contributed by atoms with Crippen molar-refractivity contribution in [1.82, 2.24) is 10.6 Å². The zero-order chi connectivity index (χ0) is 19.7. The van der Waals surface area contributed by atoms with Crippen LogP contribution in [0.4, 0.5) is 5.69 Å². The van der Waals surface area contributed by atoms with Gasteiger partial charge in [0.15, 0.2) is 0 Å². The fourth-order valence-electron chi connectivity index (χ4n) is 4.57. The van der Waals surface area contributed by atoms with Gasteiger partial charge in [-0.15, -0.1) is 0 Å². The Kier molecular flexibility index (Phi) is 5.36. The second kappa shape index (κ2) is 7.92. The number of amides is 2. The first-order valence-corrected chi connectivity index (χ1v) is 10.4. The van der Waals surface area contributed by atoms with E-state index >= 15 is 0 Å². The minimum absolute atomic E-state index is 0.0468. The number of rotatable bonds is 6. The predicted molar refractivity (Wildman–Crippen MR) is 113 cm³/mol. The third kappa shape index (κ3) is 3.51. The van der Waals surface area contributed by atoms with Gasteiger partial charge in [-0.2, -0.15) is 0 Å². The molecule has 1 fully saturated rings. The van der Waals surface area contributed by atoms with Crippen molar-refractivity contribution in [2.75, 3.05) is 24.5 Å². The molecule has 5 heteroatoms. The van der Waals surface area contributed by atoms with E-state index in [1.54, 1.807) is 0 Å². The van der Waals surface area contributed by atoms with Gasteiger partial charge in [-0.25, -0.2) is 0 Å². The first-order valence-electron chi connectivity index (χ1n) is 10.4. The van der Waals surface area contributed by atoms with Crippen molar-refractivity contribution in [3.05, 3.63) is 41.5 Å². The molecule has 2 N–H and O–H groups in total. The Morgan fingerprint density at radius 2 is 2.00 bits per heavy atom. The molecule has 2 aliphatic heterocycles. The van der Waals surface area contributed by atoms with Crippen LogP contribution >= 0.6 is 0 Å². The first-order chi connectivity index (χ1) is 13.6. The molecule has 0 atom stereocenters. The van der Waals surface area contributed by atoms with Crippen LogP contribution in [-0.4, -0.2) is 37.5 Å². The van der Waals surface area contributed by atoms with Gasteiger partial charge in [0.25, 0.3) is 5.91 Å².